The van der Waals surface area contributed by atoms with Crippen molar-refractivity contribution >= 4 is 29.3 Å². The van der Waals surface area contributed by atoms with Crippen LogP contribution in [0, 0.1) is 0 Å². The van der Waals surface area contributed by atoms with Gasteiger partial charge in [0, 0.05) is 0 Å². The predicted octanol–water partition coefficient (Wildman–Crippen LogP) is 2.30. The predicted molar refractivity (Wildman–Crippen MR) is 59.8 cm³/mol. The summed E-state index contributed by atoms with van der Waals surface area (Å²) in [7, 11) is 0. The minimum absolute atomic E-state index is 0.0925. The second kappa shape index (κ2) is 4.45. The van der Waals surface area contributed by atoms with E-state index in [2.05, 4.69) is 5.10 Å². The lowest BCUT2D eigenvalue weighted by molar-refractivity contribution is 0.0697. The number of carboxylic acids is 1. The molecule has 0 spiro atoms. The molecule has 0 saturated carbocycles. The second-order valence-electron chi connectivity index (χ2n) is 3.44. The van der Waals surface area contributed by atoms with Crippen molar-refractivity contribution in [3.63, 3.8) is 0 Å². The molecule has 1 saturated heterocycles. The summed E-state index contributed by atoms with van der Waals surface area (Å²) in [5.41, 5.74) is 0.0925. The molecule has 1 fully saturated rings. The molecule has 15 heavy (non-hydrogen) atoms. The van der Waals surface area contributed by atoms with Gasteiger partial charge in [-0.05, 0) is 24.3 Å². The zero-order chi connectivity index (χ0) is 10.8. The van der Waals surface area contributed by atoms with E-state index in [-0.39, 0.29) is 16.8 Å². The monoisotopic (exact) mass is 246 g/mol. The number of carboxylic acid groups (broad SMARTS) is 1. The van der Waals surface area contributed by atoms with E-state index in [1.54, 1.807) is 4.68 Å². The van der Waals surface area contributed by atoms with E-state index in [0.717, 1.165) is 24.3 Å². The lowest BCUT2D eigenvalue weighted by Crippen LogP contribution is -2.16. The van der Waals surface area contributed by atoms with Crippen molar-refractivity contribution in [1.29, 1.82) is 0 Å². The van der Waals surface area contributed by atoms with Crippen molar-refractivity contribution in [3.05, 3.63) is 16.9 Å². The van der Waals surface area contributed by atoms with Crippen LogP contribution in [0.4, 0.5) is 0 Å². The topological polar surface area (TPSA) is 55.1 Å². The lowest BCUT2D eigenvalue weighted by atomic mass is 10.2. The number of nitrogens with zero attached hydrogens (tertiary/aromatic N) is 2. The number of thioether (sulfide) groups is 1. The Morgan fingerprint density at radius 1 is 1.60 bits per heavy atom. The first-order valence-electron chi connectivity index (χ1n) is 4.74. The molecule has 2 rings (SSSR count). The maximum atomic E-state index is 10.8. The summed E-state index contributed by atoms with van der Waals surface area (Å²) in [4.78, 5) is 10.8. The van der Waals surface area contributed by atoms with E-state index in [1.807, 2.05) is 11.8 Å². The number of hydrogen-bond acceptors (Lipinski definition) is 3. The highest BCUT2D eigenvalue weighted by molar-refractivity contribution is 7.99. The normalized spacial score (nSPS) is 17.9. The summed E-state index contributed by atoms with van der Waals surface area (Å²) in [6, 6.07) is 0.256. The van der Waals surface area contributed by atoms with E-state index < -0.39 is 5.97 Å². The van der Waals surface area contributed by atoms with Crippen LogP contribution in [0.1, 0.15) is 29.2 Å². The Bertz CT molecular complexity index is 374. The molecule has 6 heteroatoms. The Kier molecular flexibility index (Phi) is 3.21. The largest absolute Gasteiger partial charge is 0.478 e. The first-order valence-corrected chi connectivity index (χ1v) is 6.27. The Morgan fingerprint density at radius 2 is 2.27 bits per heavy atom. The number of rotatable bonds is 2. The number of halogens is 1. The van der Waals surface area contributed by atoms with Crippen LogP contribution in [0.5, 0.6) is 0 Å². The van der Waals surface area contributed by atoms with E-state index in [4.69, 9.17) is 16.7 Å². The second-order valence-corrected chi connectivity index (χ2v) is 5.03. The van der Waals surface area contributed by atoms with Gasteiger partial charge in [-0.25, -0.2) is 9.48 Å². The molecule has 0 radical (unpaired) electrons. The van der Waals surface area contributed by atoms with Gasteiger partial charge < -0.3 is 5.11 Å². The molecular weight excluding hydrogens is 236 g/mol. The summed E-state index contributed by atoms with van der Waals surface area (Å²) in [6.45, 7) is 0. The van der Waals surface area contributed by atoms with E-state index >= 15 is 0 Å². The average Bonchev–Trinajstić information content (AvgIpc) is 2.61. The Hall–Kier alpha value is -0.680. The minimum Gasteiger partial charge on any atom is -0.478 e. The molecule has 2 heterocycles. The van der Waals surface area contributed by atoms with Crippen LogP contribution in [0.2, 0.25) is 5.15 Å². The smallest absolute Gasteiger partial charge is 0.340 e. The van der Waals surface area contributed by atoms with Gasteiger partial charge in [0.25, 0.3) is 0 Å². The van der Waals surface area contributed by atoms with Crippen LogP contribution >= 0.6 is 23.4 Å². The molecule has 0 atom stereocenters. The van der Waals surface area contributed by atoms with E-state index in [0.29, 0.717) is 0 Å². The zero-order valence-electron chi connectivity index (χ0n) is 8.02. The third kappa shape index (κ3) is 2.13. The third-order valence-corrected chi connectivity index (χ3v) is 3.93. The van der Waals surface area contributed by atoms with Gasteiger partial charge >= 0.3 is 5.97 Å². The van der Waals surface area contributed by atoms with Crippen molar-refractivity contribution < 1.29 is 9.90 Å². The van der Waals surface area contributed by atoms with Gasteiger partial charge in [0.1, 0.15) is 10.7 Å². The molecule has 82 valence electrons. The average molecular weight is 247 g/mol. The molecule has 1 aromatic heterocycles. The summed E-state index contributed by atoms with van der Waals surface area (Å²) >= 11 is 7.88. The van der Waals surface area contributed by atoms with Crippen molar-refractivity contribution in [1.82, 2.24) is 9.78 Å². The first-order chi connectivity index (χ1) is 7.20. The Labute approximate surface area is 96.6 Å². The zero-order valence-corrected chi connectivity index (χ0v) is 9.59. The van der Waals surface area contributed by atoms with Gasteiger partial charge in [0.05, 0.1) is 12.2 Å². The van der Waals surface area contributed by atoms with E-state index in [9.17, 15) is 4.79 Å². The molecule has 1 aliphatic rings. The fourth-order valence-corrected chi connectivity index (χ4v) is 3.07. The Balaban J connectivity index is 2.24. The molecule has 1 N–H and O–H groups in total. The number of carbonyl (C=O) groups is 1. The number of hydrogen-bond donors (Lipinski definition) is 1. The highest BCUT2D eigenvalue weighted by Gasteiger charge is 2.22. The maximum Gasteiger partial charge on any atom is 0.340 e. The minimum atomic E-state index is -1.02. The van der Waals surface area contributed by atoms with Crippen molar-refractivity contribution in [2.24, 2.45) is 0 Å². The molecule has 4 nitrogen and oxygen atoms in total. The van der Waals surface area contributed by atoms with Crippen LogP contribution in [-0.4, -0.2) is 32.4 Å². The third-order valence-electron chi connectivity index (χ3n) is 2.50. The van der Waals surface area contributed by atoms with Gasteiger partial charge in [-0.15, -0.1) is 0 Å². The fourth-order valence-electron chi connectivity index (χ4n) is 1.68. The lowest BCUT2D eigenvalue weighted by Gasteiger charge is -2.22. The van der Waals surface area contributed by atoms with Crippen LogP contribution in [0.25, 0.3) is 0 Å². The van der Waals surface area contributed by atoms with Crippen LogP contribution in [-0.2, 0) is 0 Å². The van der Waals surface area contributed by atoms with Crippen LogP contribution < -0.4 is 0 Å². The molecule has 0 aromatic carbocycles. The molecule has 1 aromatic rings. The standard InChI is InChI=1S/C9H11ClN2O2S/c10-8-7(9(13)14)5-11-12(8)6-1-3-15-4-2-6/h5-6H,1-4H2,(H,13,14). The maximum absolute atomic E-state index is 10.8. The quantitative estimate of drug-likeness (QED) is 0.870. The van der Waals surface area contributed by atoms with E-state index in [1.165, 1.54) is 6.20 Å². The molecule has 0 unspecified atom stereocenters. The molecule has 1 aliphatic heterocycles. The van der Waals surface area contributed by atoms with Gasteiger partial charge in [0.2, 0.25) is 0 Å². The summed E-state index contributed by atoms with van der Waals surface area (Å²) in [5.74, 6) is 1.16. The first kappa shape index (κ1) is 10.8. The van der Waals surface area contributed by atoms with Gasteiger partial charge in [-0.2, -0.15) is 16.9 Å². The molecular formula is C9H11ClN2O2S. The highest BCUT2D eigenvalue weighted by Crippen LogP contribution is 2.30. The van der Waals surface area contributed by atoms with Crippen molar-refractivity contribution in [2.45, 2.75) is 18.9 Å². The SMILES string of the molecule is O=C(O)c1cnn(C2CCSCC2)c1Cl. The fraction of sp³-hybridized carbons (Fsp3) is 0.556. The molecule has 0 amide bonds. The van der Waals surface area contributed by atoms with Gasteiger partial charge in [0.15, 0.2) is 0 Å². The Morgan fingerprint density at radius 3 is 2.80 bits per heavy atom. The molecule has 0 aliphatic carbocycles. The van der Waals surface area contributed by atoms with Crippen LogP contribution in [0.3, 0.4) is 0 Å². The summed E-state index contributed by atoms with van der Waals surface area (Å²) < 4.78 is 1.64. The molecule has 0 bridgehead atoms. The summed E-state index contributed by atoms with van der Waals surface area (Å²) in [6.07, 6.45) is 3.34. The van der Waals surface area contributed by atoms with Crippen molar-refractivity contribution in [3.8, 4) is 0 Å². The number of aromatic carboxylic acids is 1. The van der Waals surface area contributed by atoms with Crippen LogP contribution in [0.15, 0.2) is 6.20 Å². The highest BCUT2D eigenvalue weighted by atomic mass is 35.5. The van der Waals surface area contributed by atoms with Crippen molar-refractivity contribution in [2.75, 3.05) is 11.5 Å². The summed E-state index contributed by atoms with van der Waals surface area (Å²) in [5, 5.41) is 13.1. The van der Waals surface area contributed by atoms with Gasteiger partial charge in [-0.3, -0.25) is 0 Å². The van der Waals surface area contributed by atoms with Gasteiger partial charge in [-0.1, -0.05) is 11.6 Å². The number of aromatic nitrogens is 2.